The SMILES string of the molecule is Cc1cc(/C=C/C(c2cc(Cl)c(Cl)c(Cl)c2)C(F)(F)F)ccc1C(=O)O. The molecule has 0 heterocycles. The minimum atomic E-state index is -4.58. The van der Waals surface area contributed by atoms with Crippen LogP contribution < -0.4 is 0 Å². The molecule has 0 amide bonds. The third-order valence-electron chi connectivity index (χ3n) is 3.68. The van der Waals surface area contributed by atoms with Gasteiger partial charge < -0.3 is 5.11 Å². The molecular weight excluding hydrogens is 412 g/mol. The monoisotopic (exact) mass is 422 g/mol. The van der Waals surface area contributed by atoms with E-state index in [0.29, 0.717) is 11.1 Å². The summed E-state index contributed by atoms with van der Waals surface area (Å²) in [6.07, 6.45) is -2.34. The number of aromatic carboxylic acids is 1. The molecular formula is C18H12Cl3F3O2. The number of alkyl halides is 3. The Morgan fingerprint density at radius 2 is 1.69 bits per heavy atom. The van der Waals surface area contributed by atoms with E-state index in [0.717, 1.165) is 18.2 Å². The average molecular weight is 424 g/mol. The van der Waals surface area contributed by atoms with E-state index in [1.54, 1.807) is 6.92 Å². The molecule has 0 radical (unpaired) electrons. The topological polar surface area (TPSA) is 37.3 Å². The second-order valence-corrected chi connectivity index (χ2v) is 6.75. The van der Waals surface area contributed by atoms with E-state index in [4.69, 9.17) is 39.9 Å². The van der Waals surface area contributed by atoms with Gasteiger partial charge in [-0.15, -0.1) is 0 Å². The van der Waals surface area contributed by atoms with Crippen LogP contribution in [0.15, 0.2) is 36.4 Å². The van der Waals surface area contributed by atoms with Gasteiger partial charge in [-0.3, -0.25) is 0 Å². The zero-order valence-electron chi connectivity index (χ0n) is 13.2. The molecule has 0 saturated heterocycles. The van der Waals surface area contributed by atoms with Crippen molar-refractivity contribution in [3.8, 4) is 0 Å². The van der Waals surface area contributed by atoms with Crippen LogP contribution in [-0.2, 0) is 0 Å². The molecule has 0 aromatic heterocycles. The predicted molar refractivity (Wildman–Crippen MR) is 97.4 cm³/mol. The predicted octanol–water partition coefficient (Wildman–Crippen LogP) is 7.01. The first-order valence-corrected chi connectivity index (χ1v) is 8.37. The van der Waals surface area contributed by atoms with E-state index in [1.807, 2.05) is 0 Å². The van der Waals surface area contributed by atoms with E-state index in [1.165, 1.54) is 24.3 Å². The summed E-state index contributed by atoms with van der Waals surface area (Å²) in [5, 5.41) is 8.85. The van der Waals surface area contributed by atoms with Gasteiger partial charge in [0.05, 0.1) is 26.5 Å². The summed E-state index contributed by atoms with van der Waals surface area (Å²) >= 11 is 17.5. The zero-order valence-corrected chi connectivity index (χ0v) is 15.5. The average Bonchev–Trinajstić information content (AvgIpc) is 2.51. The molecule has 8 heteroatoms. The molecule has 0 aliphatic heterocycles. The van der Waals surface area contributed by atoms with Crippen LogP contribution in [0, 0.1) is 6.92 Å². The molecule has 2 nitrogen and oxygen atoms in total. The molecule has 2 aromatic rings. The van der Waals surface area contributed by atoms with Crippen LogP contribution in [-0.4, -0.2) is 17.3 Å². The van der Waals surface area contributed by atoms with E-state index >= 15 is 0 Å². The minimum Gasteiger partial charge on any atom is -0.478 e. The summed E-state index contributed by atoms with van der Waals surface area (Å²) in [6, 6.07) is 6.52. The number of benzene rings is 2. The van der Waals surface area contributed by atoms with Gasteiger partial charge in [-0.05, 0) is 41.8 Å². The van der Waals surface area contributed by atoms with Gasteiger partial charge in [0.2, 0.25) is 0 Å². The smallest absolute Gasteiger partial charge is 0.399 e. The number of carboxylic acids is 1. The summed E-state index contributed by atoms with van der Waals surface area (Å²) in [5.74, 6) is -3.05. The van der Waals surface area contributed by atoms with Crippen molar-refractivity contribution in [2.24, 2.45) is 0 Å². The highest BCUT2D eigenvalue weighted by molar-refractivity contribution is 6.48. The molecule has 0 saturated carbocycles. The minimum absolute atomic E-state index is 0.0122. The number of halogens is 6. The first-order chi connectivity index (χ1) is 12.0. The van der Waals surface area contributed by atoms with Crippen LogP contribution >= 0.6 is 34.8 Å². The summed E-state index contributed by atoms with van der Waals surface area (Å²) in [6.45, 7) is 1.57. The number of hydrogen-bond donors (Lipinski definition) is 1. The Hall–Kier alpha value is -1.69. The molecule has 26 heavy (non-hydrogen) atoms. The van der Waals surface area contributed by atoms with Crippen molar-refractivity contribution in [3.05, 3.63) is 73.7 Å². The van der Waals surface area contributed by atoms with Crippen LogP contribution in [0.1, 0.15) is 33.0 Å². The Morgan fingerprint density at radius 1 is 1.12 bits per heavy atom. The first-order valence-electron chi connectivity index (χ1n) is 7.24. The molecule has 0 aliphatic carbocycles. The summed E-state index contributed by atoms with van der Waals surface area (Å²) in [4.78, 5) is 11.0. The Bertz CT molecular complexity index is 853. The zero-order chi connectivity index (χ0) is 19.6. The molecule has 1 unspecified atom stereocenters. The third kappa shape index (κ3) is 4.72. The maximum Gasteiger partial charge on any atom is 0.399 e. The Morgan fingerprint density at radius 3 is 2.15 bits per heavy atom. The molecule has 2 rings (SSSR count). The lowest BCUT2D eigenvalue weighted by Gasteiger charge is -2.18. The van der Waals surface area contributed by atoms with Gasteiger partial charge in [-0.25, -0.2) is 4.79 Å². The van der Waals surface area contributed by atoms with Gasteiger partial charge in [-0.1, -0.05) is 59.1 Å². The fourth-order valence-corrected chi connectivity index (χ4v) is 3.01. The summed E-state index contributed by atoms with van der Waals surface area (Å²) in [5.41, 5.74) is 0.825. The number of aryl methyl sites for hydroxylation is 1. The summed E-state index contributed by atoms with van der Waals surface area (Å²) in [7, 11) is 0. The number of carboxylic acid groups (broad SMARTS) is 1. The van der Waals surface area contributed by atoms with Crippen LogP contribution in [0.3, 0.4) is 0 Å². The largest absolute Gasteiger partial charge is 0.478 e. The fourth-order valence-electron chi connectivity index (χ4n) is 2.40. The molecule has 138 valence electrons. The first kappa shape index (κ1) is 20.6. The highest BCUT2D eigenvalue weighted by Crippen LogP contribution is 2.41. The van der Waals surface area contributed by atoms with Crippen molar-refractivity contribution in [2.45, 2.75) is 19.0 Å². The fraction of sp³-hybridized carbons (Fsp3) is 0.167. The number of hydrogen-bond acceptors (Lipinski definition) is 1. The molecule has 0 fully saturated rings. The van der Waals surface area contributed by atoms with Gasteiger partial charge in [0.15, 0.2) is 0 Å². The van der Waals surface area contributed by atoms with Crippen LogP contribution in [0.25, 0.3) is 6.08 Å². The van der Waals surface area contributed by atoms with Crippen molar-refractivity contribution < 1.29 is 23.1 Å². The van der Waals surface area contributed by atoms with Crippen LogP contribution in [0.5, 0.6) is 0 Å². The number of carbonyl (C=O) groups is 1. The normalized spacial score (nSPS) is 13.2. The third-order valence-corrected chi connectivity index (χ3v) is 4.88. The van der Waals surface area contributed by atoms with Crippen LogP contribution in [0.4, 0.5) is 13.2 Å². The lowest BCUT2D eigenvalue weighted by molar-refractivity contribution is -0.139. The van der Waals surface area contributed by atoms with Gasteiger partial charge >= 0.3 is 12.1 Å². The van der Waals surface area contributed by atoms with E-state index in [2.05, 4.69) is 0 Å². The molecule has 1 N–H and O–H groups in total. The maximum atomic E-state index is 13.5. The highest BCUT2D eigenvalue weighted by atomic mass is 35.5. The van der Waals surface area contributed by atoms with E-state index < -0.39 is 18.1 Å². The van der Waals surface area contributed by atoms with Crippen molar-refractivity contribution in [3.63, 3.8) is 0 Å². The Labute approximate surface area is 162 Å². The lowest BCUT2D eigenvalue weighted by atomic mass is 9.96. The van der Waals surface area contributed by atoms with Crippen LogP contribution in [0.2, 0.25) is 15.1 Å². The molecule has 0 spiro atoms. The van der Waals surface area contributed by atoms with Gasteiger partial charge in [0, 0.05) is 0 Å². The van der Waals surface area contributed by atoms with E-state index in [-0.39, 0.29) is 26.2 Å². The summed E-state index contributed by atoms with van der Waals surface area (Å²) < 4.78 is 40.4. The number of rotatable bonds is 4. The standard InChI is InChI=1S/C18H12Cl3F3O2/c1-9-6-10(2-4-12(9)17(25)26)3-5-13(18(22,23)24)11-7-14(19)16(21)15(20)8-11/h2-8,13H,1H3,(H,25,26)/b5-3+. The Kier molecular flexibility index (Phi) is 6.27. The van der Waals surface area contributed by atoms with Gasteiger partial charge in [-0.2, -0.15) is 13.2 Å². The maximum absolute atomic E-state index is 13.5. The second kappa shape index (κ2) is 7.91. The molecule has 2 aromatic carbocycles. The van der Waals surface area contributed by atoms with E-state index in [9.17, 15) is 18.0 Å². The quantitative estimate of drug-likeness (QED) is 0.537. The molecule has 1 atom stereocenters. The van der Waals surface area contributed by atoms with Gasteiger partial charge in [0.25, 0.3) is 0 Å². The molecule has 0 bridgehead atoms. The van der Waals surface area contributed by atoms with Crippen molar-refractivity contribution in [2.75, 3.05) is 0 Å². The van der Waals surface area contributed by atoms with Crippen molar-refractivity contribution >= 4 is 46.8 Å². The number of allylic oxidation sites excluding steroid dienone is 1. The van der Waals surface area contributed by atoms with Crippen molar-refractivity contribution in [1.82, 2.24) is 0 Å². The lowest BCUT2D eigenvalue weighted by Crippen LogP contribution is -2.19. The Balaban J connectivity index is 2.42. The van der Waals surface area contributed by atoms with Crippen molar-refractivity contribution in [1.29, 1.82) is 0 Å². The second-order valence-electron chi connectivity index (χ2n) is 5.56. The molecule has 0 aliphatic rings. The highest BCUT2D eigenvalue weighted by Gasteiger charge is 2.39. The van der Waals surface area contributed by atoms with Gasteiger partial charge in [0.1, 0.15) is 0 Å².